The van der Waals surface area contributed by atoms with Crippen LogP contribution in [0.1, 0.15) is 41.0 Å². The van der Waals surface area contributed by atoms with Crippen LogP contribution in [-0.2, 0) is 32.7 Å². The first-order valence-corrected chi connectivity index (χ1v) is 3.12. The molecule has 0 aliphatic heterocycles. The zero-order valence-corrected chi connectivity index (χ0v) is 17.2. The van der Waals surface area contributed by atoms with Gasteiger partial charge >= 0.3 is 0 Å². The third kappa shape index (κ3) is 129. The van der Waals surface area contributed by atoms with Crippen LogP contribution in [0.15, 0.2) is 0 Å². The van der Waals surface area contributed by atoms with Crippen LogP contribution in [-0.4, -0.2) is 0 Å². The Balaban J connectivity index is -0.00000000142. The minimum atomic E-state index is 0. The minimum absolute atomic E-state index is 0. The van der Waals surface area contributed by atoms with Gasteiger partial charge in [-0.1, -0.05) is 34.1 Å². The zero-order valence-electron chi connectivity index (χ0n) is 10.1. The standard InChI is InChI=1S/C3H8.C2H6.C2H5.CH3.6Ar.Y/c1-3-2;2*1-2;;;;;;;;/h3H2,1-2H3;1-2H3;1H2,2H3;1H3;;;;;;;/q;;2*-1;;;;;;;. The van der Waals surface area contributed by atoms with Crippen LogP contribution in [0.5, 0.6) is 0 Å². The summed E-state index contributed by atoms with van der Waals surface area (Å²) in [4.78, 5) is 0. The van der Waals surface area contributed by atoms with Crippen molar-refractivity contribution in [3.63, 3.8) is 0 Å². The van der Waals surface area contributed by atoms with E-state index in [2.05, 4.69) is 20.8 Å². The molecule has 0 heterocycles. The Morgan fingerprint density at radius 3 is 0.667 bits per heavy atom. The predicted molar refractivity (Wildman–Crippen MR) is 44.8 cm³/mol. The van der Waals surface area contributed by atoms with E-state index in [1.165, 1.54) is 6.42 Å². The average molecular weight is 447 g/mol. The molecule has 0 nitrogen and oxygen atoms in total. The van der Waals surface area contributed by atoms with E-state index in [0.717, 1.165) is 0 Å². The van der Waals surface area contributed by atoms with Crippen LogP contribution in [0.3, 0.4) is 0 Å². The normalized spacial score (nSPS) is 2.00. The van der Waals surface area contributed by atoms with E-state index in [4.69, 9.17) is 0 Å². The van der Waals surface area contributed by atoms with Crippen LogP contribution >= 0.6 is 0 Å². The summed E-state index contributed by atoms with van der Waals surface area (Å²) < 4.78 is 0. The Morgan fingerprint density at radius 2 is 0.667 bits per heavy atom. The summed E-state index contributed by atoms with van der Waals surface area (Å²) in [5.74, 6) is 0. The van der Waals surface area contributed by atoms with Gasteiger partial charge in [-0.05, 0) is 0 Å². The summed E-state index contributed by atoms with van der Waals surface area (Å²) in [5.41, 5.74) is 0. The van der Waals surface area contributed by atoms with E-state index in [0.29, 0.717) is 0 Å². The van der Waals surface area contributed by atoms with Crippen LogP contribution in [0.4, 0.5) is 0 Å². The van der Waals surface area contributed by atoms with Crippen molar-refractivity contribution in [2.75, 3.05) is 0 Å². The molecule has 0 bridgehead atoms. The maximum Gasteiger partial charge on any atom is 0 e. The molecule has 0 fully saturated rings. The van der Waals surface area contributed by atoms with Gasteiger partial charge in [0.1, 0.15) is 0 Å². The van der Waals surface area contributed by atoms with Crippen LogP contribution in [0, 0.1) is 241 Å². The Morgan fingerprint density at radius 1 is 0.667 bits per heavy atom. The van der Waals surface area contributed by atoms with Gasteiger partial charge in [-0.15, -0.1) is 0 Å². The maximum atomic E-state index is 3.25. The molecule has 0 aliphatic rings. The number of hydrogen-bond donors (Lipinski definition) is 0. The van der Waals surface area contributed by atoms with Gasteiger partial charge in [-0.25, -0.2) is 0 Å². The molecule has 0 spiro atoms. The van der Waals surface area contributed by atoms with Gasteiger partial charge in [0, 0.05) is 259 Å². The van der Waals surface area contributed by atoms with Crippen molar-refractivity contribution < 1.29 is 259 Å². The second-order valence-electron chi connectivity index (χ2n) is 0.707. The quantitative estimate of drug-likeness (QED) is 0.497. The van der Waals surface area contributed by atoms with Gasteiger partial charge in [0.05, 0.1) is 0 Å². The van der Waals surface area contributed by atoms with Gasteiger partial charge in [0.15, 0.2) is 0 Å². The fraction of sp³-hybridized carbons (Fsp3) is 0.750. The second kappa shape index (κ2) is 114. The molecule has 0 amide bonds. The van der Waals surface area contributed by atoms with Crippen molar-refractivity contribution in [3.8, 4) is 0 Å². The van der Waals surface area contributed by atoms with E-state index in [1.54, 1.807) is 6.92 Å². The van der Waals surface area contributed by atoms with E-state index >= 15 is 0 Å². The number of rotatable bonds is 0. The third-order valence-electron chi connectivity index (χ3n) is 0. The Labute approximate surface area is 304 Å². The van der Waals surface area contributed by atoms with Crippen molar-refractivity contribution in [3.05, 3.63) is 14.4 Å². The zero-order chi connectivity index (χ0) is 6.71. The smallest absolute Gasteiger partial charge is 0 e. The van der Waals surface area contributed by atoms with Gasteiger partial charge in [0.2, 0.25) is 0 Å². The van der Waals surface area contributed by atoms with E-state index in [1.807, 2.05) is 13.8 Å². The van der Waals surface area contributed by atoms with Crippen molar-refractivity contribution in [1.82, 2.24) is 0 Å². The number of hydrogen-bond acceptors (Lipinski definition) is 0. The summed E-state index contributed by atoms with van der Waals surface area (Å²) in [6.07, 6.45) is 1.25. The molecule has 0 rings (SSSR count). The summed E-state index contributed by atoms with van der Waals surface area (Å²) in [7, 11) is 0. The van der Waals surface area contributed by atoms with Gasteiger partial charge < -0.3 is 14.4 Å². The molecule has 0 aromatic heterocycles. The first-order chi connectivity index (χ1) is 3.41. The largest absolute Gasteiger partial charge is 0.358 e. The first kappa shape index (κ1) is 75.8. The topological polar surface area (TPSA) is 0 Å². The SMILES string of the molecule is CC.CCC.[Ar].[Ar].[Ar].[Ar].[Ar].[Ar].[CH2-]C.[CH3-].[Y]. The molecule has 0 saturated carbocycles. The molecule has 107 valence electrons. The first-order valence-electron chi connectivity index (χ1n) is 3.12. The van der Waals surface area contributed by atoms with Crippen molar-refractivity contribution in [1.29, 1.82) is 0 Å². The molecule has 0 N–H and O–H groups in total. The van der Waals surface area contributed by atoms with Crippen molar-refractivity contribution in [2.45, 2.75) is 41.0 Å². The summed E-state index contributed by atoms with van der Waals surface area (Å²) in [5, 5.41) is 0. The molecule has 0 atom stereocenters. The van der Waals surface area contributed by atoms with E-state index < -0.39 is 0 Å². The van der Waals surface area contributed by atoms with Crippen molar-refractivity contribution >= 4 is 0 Å². The third-order valence-corrected chi connectivity index (χ3v) is 0. The monoisotopic (exact) mass is 447 g/mol. The molecule has 1 radical (unpaired) electrons. The van der Waals surface area contributed by atoms with Crippen LogP contribution in [0.25, 0.3) is 0 Å². The van der Waals surface area contributed by atoms with E-state index in [9.17, 15) is 0 Å². The molecule has 15 heavy (non-hydrogen) atoms. The van der Waals surface area contributed by atoms with Crippen LogP contribution < -0.4 is 0 Å². The molecule has 0 aromatic carbocycles. The summed E-state index contributed by atoms with van der Waals surface area (Å²) in [6.45, 7) is 13.2. The van der Waals surface area contributed by atoms with Crippen LogP contribution in [0.2, 0.25) is 0 Å². The second-order valence-corrected chi connectivity index (χ2v) is 0.707. The van der Waals surface area contributed by atoms with Gasteiger partial charge in [0.25, 0.3) is 0 Å². The molecule has 0 saturated heterocycles. The minimum Gasteiger partial charge on any atom is -0.358 e. The maximum absolute atomic E-state index is 3.25. The summed E-state index contributed by atoms with van der Waals surface area (Å²) >= 11 is 0. The molecular formula is C8H22Ar6Y-2. The average Bonchev–Trinajstić information content (AvgIpc) is 1.78. The summed E-state index contributed by atoms with van der Waals surface area (Å²) in [6, 6.07) is 0. The molecule has 0 aliphatic carbocycles. The molecule has 0 aromatic rings. The fourth-order valence-electron chi connectivity index (χ4n) is 0. The Bertz CT molecular complexity index is 19.1. The van der Waals surface area contributed by atoms with E-state index in [-0.39, 0.29) is 267 Å². The molecular weight excluding hydrogens is 425 g/mol. The molecule has 7 heteroatoms. The van der Waals surface area contributed by atoms with Crippen molar-refractivity contribution in [2.24, 2.45) is 0 Å². The fourth-order valence-corrected chi connectivity index (χ4v) is 0. The van der Waals surface area contributed by atoms with Gasteiger partial charge in [-0.2, -0.15) is 6.92 Å². The molecule has 0 unspecified atom stereocenters. The predicted octanol–water partition coefficient (Wildman–Crippen LogP) is 3.73. The Kier molecular flexibility index (Phi) is 576. The Hall–Kier alpha value is 8.66. The van der Waals surface area contributed by atoms with Gasteiger partial charge in [-0.3, -0.25) is 0 Å².